The SMILES string of the molecule is O=C(CCCCCC(=O)N/N=C/CCc1ccccc1)N/N=C/CCc1ccccc1. The number of hydrogen-bond acceptors (Lipinski definition) is 4. The van der Waals surface area contributed by atoms with E-state index in [0.717, 1.165) is 44.9 Å². The number of carbonyl (C=O) groups excluding carboxylic acids is 2. The van der Waals surface area contributed by atoms with Crippen LogP contribution in [0.25, 0.3) is 0 Å². The van der Waals surface area contributed by atoms with E-state index in [2.05, 4.69) is 45.3 Å². The molecule has 2 amide bonds. The van der Waals surface area contributed by atoms with Crippen LogP contribution in [0.2, 0.25) is 0 Å². The van der Waals surface area contributed by atoms with E-state index in [1.807, 2.05) is 36.4 Å². The van der Waals surface area contributed by atoms with Crippen LogP contribution in [-0.4, -0.2) is 24.2 Å². The van der Waals surface area contributed by atoms with Crippen molar-refractivity contribution in [3.05, 3.63) is 71.8 Å². The highest BCUT2D eigenvalue weighted by molar-refractivity contribution is 5.77. The highest BCUT2D eigenvalue weighted by Gasteiger charge is 2.02. The van der Waals surface area contributed by atoms with Gasteiger partial charge in [0.15, 0.2) is 0 Å². The van der Waals surface area contributed by atoms with E-state index in [9.17, 15) is 9.59 Å². The van der Waals surface area contributed by atoms with Crippen LogP contribution in [-0.2, 0) is 22.4 Å². The number of nitrogens with one attached hydrogen (secondary N) is 2. The molecule has 0 fully saturated rings. The lowest BCUT2D eigenvalue weighted by Crippen LogP contribution is -2.18. The Labute approximate surface area is 184 Å². The minimum atomic E-state index is -0.0940. The molecule has 0 unspecified atom stereocenters. The number of benzene rings is 2. The molecule has 0 radical (unpaired) electrons. The Balaban J connectivity index is 1.42. The summed E-state index contributed by atoms with van der Waals surface area (Å²) in [4.78, 5) is 23.5. The van der Waals surface area contributed by atoms with Gasteiger partial charge in [0.05, 0.1) is 0 Å². The zero-order chi connectivity index (χ0) is 22.0. The van der Waals surface area contributed by atoms with Gasteiger partial charge in [0.1, 0.15) is 0 Å². The molecule has 0 spiro atoms. The Morgan fingerprint density at radius 2 is 1.06 bits per heavy atom. The largest absolute Gasteiger partial charge is 0.273 e. The maximum atomic E-state index is 11.8. The summed E-state index contributed by atoms with van der Waals surface area (Å²) in [5.41, 5.74) is 7.61. The summed E-state index contributed by atoms with van der Waals surface area (Å²) in [6.45, 7) is 0. The van der Waals surface area contributed by atoms with Crippen LogP contribution in [0, 0.1) is 0 Å². The minimum Gasteiger partial charge on any atom is -0.273 e. The first-order valence-electron chi connectivity index (χ1n) is 10.9. The first-order valence-corrected chi connectivity index (χ1v) is 10.9. The fraction of sp³-hybridized carbons (Fsp3) is 0.360. The van der Waals surface area contributed by atoms with Crippen molar-refractivity contribution in [2.45, 2.75) is 57.8 Å². The van der Waals surface area contributed by atoms with E-state index in [1.165, 1.54) is 11.1 Å². The number of unbranched alkanes of at least 4 members (excludes halogenated alkanes) is 2. The second-order valence-electron chi connectivity index (χ2n) is 7.30. The summed E-state index contributed by atoms with van der Waals surface area (Å²) in [6, 6.07) is 20.3. The molecule has 0 aliphatic rings. The Kier molecular flexibility index (Phi) is 12.0. The molecule has 164 valence electrons. The summed E-state index contributed by atoms with van der Waals surface area (Å²) in [5.74, 6) is -0.188. The fourth-order valence-electron chi connectivity index (χ4n) is 2.98. The second kappa shape index (κ2) is 15.5. The molecule has 0 atom stereocenters. The minimum absolute atomic E-state index is 0.0940. The molecular weight excluding hydrogens is 388 g/mol. The Morgan fingerprint density at radius 1 is 0.645 bits per heavy atom. The summed E-state index contributed by atoms with van der Waals surface area (Å²) >= 11 is 0. The van der Waals surface area contributed by atoms with Gasteiger partial charge >= 0.3 is 0 Å². The van der Waals surface area contributed by atoms with Crippen molar-refractivity contribution >= 4 is 24.2 Å². The summed E-state index contributed by atoms with van der Waals surface area (Å²) < 4.78 is 0. The molecule has 0 saturated carbocycles. The first kappa shape index (κ1) is 24.0. The van der Waals surface area contributed by atoms with Crippen molar-refractivity contribution in [1.82, 2.24) is 10.9 Å². The summed E-state index contributed by atoms with van der Waals surface area (Å²) in [5, 5.41) is 7.95. The monoisotopic (exact) mass is 420 g/mol. The van der Waals surface area contributed by atoms with Crippen LogP contribution in [0.3, 0.4) is 0 Å². The molecular formula is C25H32N4O2. The van der Waals surface area contributed by atoms with Crippen molar-refractivity contribution in [2.24, 2.45) is 10.2 Å². The third-order valence-electron chi connectivity index (χ3n) is 4.68. The van der Waals surface area contributed by atoms with Crippen LogP contribution in [0.1, 0.15) is 56.1 Å². The van der Waals surface area contributed by atoms with Gasteiger partial charge in [-0.15, -0.1) is 0 Å². The zero-order valence-corrected chi connectivity index (χ0v) is 18.0. The number of nitrogens with zero attached hydrogens (tertiary/aromatic N) is 2. The van der Waals surface area contributed by atoms with Gasteiger partial charge in [0.2, 0.25) is 11.8 Å². The molecule has 0 saturated heterocycles. The van der Waals surface area contributed by atoms with Crippen molar-refractivity contribution in [3.63, 3.8) is 0 Å². The Bertz CT molecular complexity index is 750. The van der Waals surface area contributed by atoms with Gasteiger partial charge in [-0.1, -0.05) is 67.1 Å². The quantitative estimate of drug-likeness (QED) is 0.270. The lowest BCUT2D eigenvalue weighted by atomic mass is 10.1. The molecule has 2 aromatic carbocycles. The van der Waals surface area contributed by atoms with E-state index >= 15 is 0 Å². The van der Waals surface area contributed by atoms with E-state index < -0.39 is 0 Å². The van der Waals surface area contributed by atoms with Crippen molar-refractivity contribution < 1.29 is 9.59 Å². The van der Waals surface area contributed by atoms with Crippen LogP contribution >= 0.6 is 0 Å². The van der Waals surface area contributed by atoms with Crippen molar-refractivity contribution in [3.8, 4) is 0 Å². The molecule has 0 aliphatic heterocycles. The van der Waals surface area contributed by atoms with E-state index in [-0.39, 0.29) is 11.8 Å². The predicted molar refractivity (Wildman–Crippen MR) is 126 cm³/mol. The van der Waals surface area contributed by atoms with E-state index in [1.54, 1.807) is 12.4 Å². The van der Waals surface area contributed by atoms with Gasteiger partial charge in [0, 0.05) is 25.3 Å². The number of carbonyl (C=O) groups is 2. The topological polar surface area (TPSA) is 82.9 Å². The molecule has 31 heavy (non-hydrogen) atoms. The number of hydrazone groups is 2. The summed E-state index contributed by atoms with van der Waals surface area (Å²) in [6.07, 6.45) is 9.95. The highest BCUT2D eigenvalue weighted by Crippen LogP contribution is 2.04. The molecule has 2 aromatic rings. The average Bonchev–Trinajstić information content (AvgIpc) is 2.80. The van der Waals surface area contributed by atoms with Gasteiger partial charge in [-0.25, -0.2) is 10.9 Å². The van der Waals surface area contributed by atoms with Crippen molar-refractivity contribution in [1.29, 1.82) is 0 Å². The molecule has 0 aromatic heterocycles. The molecule has 6 heteroatoms. The van der Waals surface area contributed by atoms with Crippen molar-refractivity contribution in [2.75, 3.05) is 0 Å². The predicted octanol–water partition coefficient (Wildman–Crippen LogP) is 4.41. The summed E-state index contributed by atoms with van der Waals surface area (Å²) in [7, 11) is 0. The lowest BCUT2D eigenvalue weighted by Gasteiger charge is -2.02. The molecule has 2 N–H and O–H groups in total. The van der Waals surface area contributed by atoms with E-state index in [0.29, 0.717) is 12.8 Å². The van der Waals surface area contributed by atoms with Gasteiger partial charge in [-0.3, -0.25) is 9.59 Å². The van der Waals surface area contributed by atoms with Crippen LogP contribution in [0.5, 0.6) is 0 Å². The van der Waals surface area contributed by atoms with E-state index in [4.69, 9.17) is 0 Å². The molecule has 0 heterocycles. The average molecular weight is 421 g/mol. The maximum absolute atomic E-state index is 11.8. The zero-order valence-electron chi connectivity index (χ0n) is 18.0. The Hall–Kier alpha value is -3.28. The Morgan fingerprint density at radius 3 is 1.48 bits per heavy atom. The maximum Gasteiger partial charge on any atom is 0.240 e. The molecule has 0 aliphatic carbocycles. The fourth-order valence-corrected chi connectivity index (χ4v) is 2.98. The number of amides is 2. The third kappa shape index (κ3) is 12.1. The smallest absolute Gasteiger partial charge is 0.240 e. The molecule has 0 bridgehead atoms. The van der Waals surface area contributed by atoms with Gasteiger partial charge in [0.25, 0.3) is 0 Å². The normalized spacial score (nSPS) is 11.1. The highest BCUT2D eigenvalue weighted by atomic mass is 16.2. The third-order valence-corrected chi connectivity index (χ3v) is 4.68. The second-order valence-corrected chi connectivity index (χ2v) is 7.30. The van der Waals surface area contributed by atoms with Crippen LogP contribution in [0.15, 0.2) is 70.9 Å². The number of aryl methyl sites for hydroxylation is 2. The van der Waals surface area contributed by atoms with Gasteiger partial charge < -0.3 is 0 Å². The molecule has 6 nitrogen and oxygen atoms in total. The molecule has 2 rings (SSSR count). The first-order chi connectivity index (χ1) is 15.2. The van der Waals surface area contributed by atoms with Gasteiger partial charge in [-0.2, -0.15) is 10.2 Å². The number of hydrogen-bond donors (Lipinski definition) is 2. The lowest BCUT2D eigenvalue weighted by molar-refractivity contribution is -0.121. The van der Waals surface area contributed by atoms with Crippen LogP contribution < -0.4 is 10.9 Å². The van der Waals surface area contributed by atoms with Gasteiger partial charge in [-0.05, 0) is 49.7 Å². The van der Waals surface area contributed by atoms with Crippen LogP contribution in [0.4, 0.5) is 0 Å². The standard InChI is InChI=1S/C25H32N4O2/c30-24(28-26-20-10-16-22-12-4-1-5-13-22)18-8-3-9-19-25(31)29-27-21-11-17-23-14-6-2-7-15-23/h1-2,4-7,12-15,20-21H,3,8-11,16-19H2,(H,28,30)(H,29,31)/b26-20+,27-21+. The number of rotatable bonds is 14.